The molecule has 0 radical (unpaired) electrons. The van der Waals surface area contributed by atoms with Crippen LogP contribution in [0.4, 0.5) is 0 Å². The van der Waals surface area contributed by atoms with E-state index in [0.29, 0.717) is 18.0 Å². The largest absolute Gasteiger partial charge is 0.314 e. The summed E-state index contributed by atoms with van der Waals surface area (Å²) in [5.41, 5.74) is 2.53. The molecule has 0 aromatic heterocycles. The number of hydrogen-bond acceptors (Lipinski definition) is 2. The fourth-order valence-electron chi connectivity index (χ4n) is 3.35. The van der Waals surface area contributed by atoms with E-state index in [9.17, 15) is 0 Å². The van der Waals surface area contributed by atoms with Gasteiger partial charge in [-0.3, -0.25) is 4.90 Å². The maximum Gasteiger partial charge on any atom is 0.0438 e. The molecule has 0 saturated carbocycles. The Morgan fingerprint density at radius 1 is 1.33 bits per heavy atom. The SMILES string of the molecule is Cc1ccc(C2C(CNC(C)C)CCCCN2C)cc1Cl. The van der Waals surface area contributed by atoms with E-state index in [1.807, 2.05) is 0 Å². The molecule has 3 heteroatoms. The highest BCUT2D eigenvalue weighted by atomic mass is 35.5. The van der Waals surface area contributed by atoms with Crippen LogP contribution in [0.15, 0.2) is 18.2 Å². The van der Waals surface area contributed by atoms with E-state index in [1.54, 1.807) is 0 Å². The molecule has 0 spiro atoms. The van der Waals surface area contributed by atoms with Crippen molar-refractivity contribution in [2.24, 2.45) is 5.92 Å². The molecule has 1 aromatic rings. The second kappa shape index (κ2) is 7.62. The first kappa shape index (κ1) is 16.8. The van der Waals surface area contributed by atoms with Crippen LogP contribution >= 0.6 is 11.6 Å². The van der Waals surface area contributed by atoms with Gasteiger partial charge >= 0.3 is 0 Å². The first-order chi connectivity index (χ1) is 9.99. The summed E-state index contributed by atoms with van der Waals surface area (Å²) < 4.78 is 0. The molecule has 118 valence electrons. The summed E-state index contributed by atoms with van der Waals surface area (Å²) in [5, 5.41) is 4.52. The molecule has 1 aliphatic rings. The van der Waals surface area contributed by atoms with Crippen molar-refractivity contribution < 1.29 is 0 Å². The van der Waals surface area contributed by atoms with Crippen molar-refractivity contribution in [2.45, 2.75) is 52.1 Å². The zero-order chi connectivity index (χ0) is 15.4. The van der Waals surface area contributed by atoms with E-state index in [2.05, 4.69) is 56.2 Å². The maximum atomic E-state index is 6.36. The van der Waals surface area contributed by atoms with Crippen molar-refractivity contribution in [1.29, 1.82) is 0 Å². The van der Waals surface area contributed by atoms with Crippen LogP contribution in [-0.2, 0) is 0 Å². The molecule has 0 bridgehead atoms. The lowest BCUT2D eigenvalue weighted by Crippen LogP contribution is -2.37. The van der Waals surface area contributed by atoms with E-state index in [-0.39, 0.29) is 0 Å². The molecule has 1 N–H and O–H groups in total. The lowest BCUT2D eigenvalue weighted by molar-refractivity contribution is 0.187. The minimum atomic E-state index is 0.469. The first-order valence-electron chi connectivity index (χ1n) is 8.18. The van der Waals surface area contributed by atoms with E-state index < -0.39 is 0 Å². The maximum absolute atomic E-state index is 6.36. The van der Waals surface area contributed by atoms with E-state index in [0.717, 1.165) is 17.1 Å². The molecule has 1 heterocycles. The van der Waals surface area contributed by atoms with Gasteiger partial charge in [0.05, 0.1) is 0 Å². The Labute approximate surface area is 134 Å². The third kappa shape index (κ3) is 4.45. The minimum absolute atomic E-state index is 0.469. The van der Waals surface area contributed by atoms with Gasteiger partial charge < -0.3 is 5.32 Å². The number of likely N-dealkylation sites (tertiary alicyclic amines) is 1. The van der Waals surface area contributed by atoms with Crippen LogP contribution in [0.25, 0.3) is 0 Å². The Bertz CT molecular complexity index is 459. The van der Waals surface area contributed by atoms with Gasteiger partial charge in [0.25, 0.3) is 0 Å². The molecule has 1 saturated heterocycles. The fourth-order valence-corrected chi connectivity index (χ4v) is 3.53. The molecular formula is C18H29ClN2. The van der Waals surface area contributed by atoms with Gasteiger partial charge in [0.2, 0.25) is 0 Å². The predicted octanol–water partition coefficient (Wildman–Crippen LogP) is 4.42. The van der Waals surface area contributed by atoms with Crippen molar-refractivity contribution in [3.63, 3.8) is 0 Å². The Morgan fingerprint density at radius 3 is 2.76 bits per heavy atom. The molecule has 1 aliphatic heterocycles. The monoisotopic (exact) mass is 308 g/mol. The van der Waals surface area contributed by atoms with Crippen molar-refractivity contribution in [2.75, 3.05) is 20.1 Å². The highest BCUT2D eigenvalue weighted by Crippen LogP contribution is 2.35. The summed E-state index contributed by atoms with van der Waals surface area (Å²) in [4.78, 5) is 2.51. The number of nitrogens with one attached hydrogen (secondary N) is 1. The number of benzene rings is 1. The van der Waals surface area contributed by atoms with Gasteiger partial charge in [-0.25, -0.2) is 0 Å². The van der Waals surface area contributed by atoms with E-state index in [1.165, 1.54) is 31.4 Å². The third-order valence-corrected chi connectivity index (χ3v) is 4.99. The molecule has 21 heavy (non-hydrogen) atoms. The van der Waals surface area contributed by atoms with Crippen LogP contribution < -0.4 is 5.32 Å². The van der Waals surface area contributed by atoms with Gasteiger partial charge in [-0.2, -0.15) is 0 Å². The standard InChI is InChI=1S/C18H29ClN2/c1-13(2)20-12-16-7-5-6-10-21(4)18(16)15-9-8-14(3)17(19)11-15/h8-9,11,13,16,18,20H,5-7,10,12H2,1-4H3. The summed E-state index contributed by atoms with van der Waals surface area (Å²) in [6, 6.07) is 7.60. The van der Waals surface area contributed by atoms with Gasteiger partial charge in [-0.05, 0) is 56.5 Å². The second-order valence-corrected chi connectivity index (χ2v) is 7.16. The molecular weight excluding hydrogens is 280 g/mol. The minimum Gasteiger partial charge on any atom is -0.314 e. The van der Waals surface area contributed by atoms with Crippen molar-refractivity contribution in [1.82, 2.24) is 10.2 Å². The average molecular weight is 309 g/mol. The molecule has 2 rings (SSSR count). The van der Waals surface area contributed by atoms with Crippen LogP contribution in [0.3, 0.4) is 0 Å². The first-order valence-corrected chi connectivity index (χ1v) is 8.56. The molecule has 2 atom stereocenters. The number of nitrogens with zero attached hydrogens (tertiary/aromatic N) is 1. The second-order valence-electron chi connectivity index (χ2n) is 6.75. The van der Waals surface area contributed by atoms with Crippen molar-refractivity contribution >= 4 is 11.6 Å². The number of rotatable bonds is 4. The summed E-state index contributed by atoms with van der Waals surface area (Å²) in [5.74, 6) is 0.652. The van der Waals surface area contributed by atoms with Crippen LogP contribution in [0.5, 0.6) is 0 Å². The van der Waals surface area contributed by atoms with Crippen LogP contribution in [0.2, 0.25) is 5.02 Å². The lowest BCUT2D eigenvalue weighted by Gasteiger charge is -2.33. The molecule has 2 unspecified atom stereocenters. The van der Waals surface area contributed by atoms with Gasteiger partial charge in [0, 0.05) is 23.7 Å². The van der Waals surface area contributed by atoms with Gasteiger partial charge in [0.15, 0.2) is 0 Å². The Morgan fingerprint density at radius 2 is 2.10 bits per heavy atom. The zero-order valence-electron chi connectivity index (χ0n) is 13.8. The number of aryl methyl sites for hydroxylation is 1. The van der Waals surface area contributed by atoms with Crippen molar-refractivity contribution in [3.05, 3.63) is 34.3 Å². The Hall–Kier alpha value is -0.570. The lowest BCUT2D eigenvalue weighted by atomic mass is 9.88. The highest BCUT2D eigenvalue weighted by molar-refractivity contribution is 6.31. The van der Waals surface area contributed by atoms with Crippen molar-refractivity contribution in [3.8, 4) is 0 Å². The zero-order valence-corrected chi connectivity index (χ0v) is 14.6. The molecule has 0 amide bonds. The molecule has 1 aromatic carbocycles. The predicted molar refractivity (Wildman–Crippen MR) is 92.0 cm³/mol. The van der Waals surface area contributed by atoms with E-state index in [4.69, 9.17) is 11.6 Å². The summed E-state index contributed by atoms with van der Waals surface area (Å²) in [7, 11) is 2.26. The smallest absolute Gasteiger partial charge is 0.0438 e. The fraction of sp³-hybridized carbons (Fsp3) is 0.667. The molecule has 0 aliphatic carbocycles. The summed E-state index contributed by atoms with van der Waals surface area (Å²) in [6.45, 7) is 8.77. The van der Waals surface area contributed by atoms with Crippen LogP contribution in [0, 0.1) is 12.8 Å². The quantitative estimate of drug-likeness (QED) is 0.886. The molecule has 1 fully saturated rings. The van der Waals surface area contributed by atoms with Gasteiger partial charge in [-0.1, -0.05) is 44.0 Å². The summed E-state index contributed by atoms with van der Waals surface area (Å²) >= 11 is 6.36. The normalized spacial score (nSPS) is 24.3. The number of halogens is 1. The average Bonchev–Trinajstić information content (AvgIpc) is 2.61. The van der Waals surface area contributed by atoms with E-state index >= 15 is 0 Å². The number of hydrogen-bond donors (Lipinski definition) is 1. The molecule has 2 nitrogen and oxygen atoms in total. The highest BCUT2D eigenvalue weighted by Gasteiger charge is 2.29. The Kier molecular flexibility index (Phi) is 6.09. The third-order valence-electron chi connectivity index (χ3n) is 4.58. The van der Waals surface area contributed by atoms with Crippen LogP contribution in [0.1, 0.15) is 50.3 Å². The van der Waals surface area contributed by atoms with Gasteiger partial charge in [0.1, 0.15) is 0 Å². The topological polar surface area (TPSA) is 15.3 Å². The summed E-state index contributed by atoms with van der Waals surface area (Å²) in [6.07, 6.45) is 3.91. The van der Waals surface area contributed by atoms with Gasteiger partial charge in [-0.15, -0.1) is 0 Å². The Balaban J connectivity index is 2.25. The van der Waals surface area contributed by atoms with Crippen LogP contribution in [-0.4, -0.2) is 31.1 Å².